The smallest absolute Gasteiger partial charge is 0.0595 e. The average molecular weight is 266 g/mol. The molecule has 1 rings (SSSR count). The molecule has 0 bridgehead atoms. The summed E-state index contributed by atoms with van der Waals surface area (Å²) in [5.74, 6) is 0. The highest BCUT2D eigenvalue weighted by molar-refractivity contribution is 9.11. The summed E-state index contributed by atoms with van der Waals surface area (Å²) >= 11 is 14.9. The van der Waals surface area contributed by atoms with Crippen molar-refractivity contribution in [1.82, 2.24) is 0 Å². The lowest BCUT2D eigenvalue weighted by atomic mass is 10.1. The van der Waals surface area contributed by atoms with Crippen molar-refractivity contribution in [3.05, 3.63) is 44.9 Å². The second kappa shape index (κ2) is 4.31. The average Bonchev–Trinajstić information content (AvgIpc) is 1.96. The molecule has 0 aliphatic carbocycles. The molecule has 0 N–H and O–H groups in total. The van der Waals surface area contributed by atoms with E-state index in [2.05, 4.69) is 22.5 Å². The Hall–Kier alpha value is 0.0200. The molecule has 0 fully saturated rings. The van der Waals surface area contributed by atoms with Crippen LogP contribution in [0.3, 0.4) is 0 Å². The largest absolute Gasteiger partial charge is 0.0885 e. The second-order valence-corrected chi connectivity index (χ2v) is 4.38. The quantitative estimate of drug-likeness (QED) is 0.742. The highest BCUT2D eigenvalue weighted by Gasteiger charge is 1.99. The molecule has 1 aromatic carbocycles. The second-order valence-electron chi connectivity index (χ2n) is 2.44. The molecular formula is C9H7BrCl2. The monoisotopic (exact) mass is 264 g/mol. The van der Waals surface area contributed by atoms with Gasteiger partial charge in [-0.3, -0.25) is 0 Å². The highest BCUT2D eigenvalue weighted by atomic mass is 79.9. The molecule has 0 heterocycles. The van der Waals surface area contributed by atoms with Crippen LogP contribution in [0.25, 0.3) is 0 Å². The van der Waals surface area contributed by atoms with Crippen molar-refractivity contribution in [3.8, 4) is 0 Å². The van der Waals surface area contributed by atoms with Crippen molar-refractivity contribution >= 4 is 39.1 Å². The summed E-state index contributed by atoms with van der Waals surface area (Å²) in [5.41, 5.74) is 1.10. The van der Waals surface area contributed by atoms with Gasteiger partial charge in [-0.25, -0.2) is 0 Å². The van der Waals surface area contributed by atoms with Gasteiger partial charge in [0.25, 0.3) is 0 Å². The summed E-state index contributed by atoms with van der Waals surface area (Å²) in [6.07, 6.45) is 0.775. The van der Waals surface area contributed by atoms with Crippen LogP contribution < -0.4 is 0 Å². The van der Waals surface area contributed by atoms with Crippen molar-refractivity contribution < 1.29 is 0 Å². The van der Waals surface area contributed by atoms with E-state index in [1.165, 1.54) is 0 Å². The zero-order valence-corrected chi connectivity index (χ0v) is 9.38. The molecule has 0 spiro atoms. The Morgan fingerprint density at radius 3 is 2.50 bits per heavy atom. The Morgan fingerprint density at radius 2 is 2.00 bits per heavy atom. The van der Waals surface area contributed by atoms with E-state index in [-0.39, 0.29) is 0 Å². The summed E-state index contributed by atoms with van der Waals surface area (Å²) in [4.78, 5) is 0. The van der Waals surface area contributed by atoms with Crippen LogP contribution in [0.15, 0.2) is 29.3 Å². The molecule has 0 atom stereocenters. The van der Waals surface area contributed by atoms with Gasteiger partial charge >= 0.3 is 0 Å². The van der Waals surface area contributed by atoms with Crippen molar-refractivity contribution in [2.75, 3.05) is 0 Å². The van der Waals surface area contributed by atoms with Crippen LogP contribution >= 0.6 is 39.1 Å². The van der Waals surface area contributed by atoms with Crippen molar-refractivity contribution in [2.45, 2.75) is 6.42 Å². The molecule has 0 unspecified atom stereocenters. The summed E-state index contributed by atoms with van der Waals surface area (Å²) in [6, 6.07) is 5.56. The number of hydrogen-bond acceptors (Lipinski definition) is 0. The maximum absolute atomic E-state index is 5.82. The Bertz CT molecular complexity index is 307. The molecule has 0 radical (unpaired) electrons. The van der Waals surface area contributed by atoms with Gasteiger partial charge in [0.05, 0.1) is 10.0 Å². The van der Waals surface area contributed by atoms with Gasteiger partial charge in [0.15, 0.2) is 0 Å². The number of allylic oxidation sites excluding steroid dienone is 1. The maximum Gasteiger partial charge on any atom is 0.0595 e. The molecular weight excluding hydrogens is 259 g/mol. The summed E-state index contributed by atoms with van der Waals surface area (Å²) in [6.45, 7) is 3.74. The maximum atomic E-state index is 5.82. The van der Waals surface area contributed by atoms with Gasteiger partial charge in [-0.1, -0.05) is 51.8 Å². The predicted octanol–water partition coefficient (Wildman–Crippen LogP) is 4.44. The fourth-order valence-electron chi connectivity index (χ4n) is 0.871. The van der Waals surface area contributed by atoms with Gasteiger partial charge in [0.1, 0.15) is 0 Å². The van der Waals surface area contributed by atoms with Crippen LogP contribution in [0.2, 0.25) is 10.0 Å². The Kier molecular flexibility index (Phi) is 3.63. The fraction of sp³-hybridized carbons (Fsp3) is 0.111. The van der Waals surface area contributed by atoms with E-state index in [0.29, 0.717) is 10.0 Å². The zero-order valence-electron chi connectivity index (χ0n) is 6.28. The van der Waals surface area contributed by atoms with Crippen LogP contribution in [-0.4, -0.2) is 0 Å². The molecule has 3 heteroatoms. The van der Waals surface area contributed by atoms with Crippen LogP contribution in [0, 0.1) is 0 Å². The van der Waals surface area contributed by atoms with Crippen LogP contribution in [0.4, 0.5) is 0 Å². The van der Waals surface area contributed by atoms with Gasteiger partial charge in [0.2, 0.25) is 0 Å². The third-order valence-electron chi connectivity index (χ3n) is 1.38. The minimum atomic E-state index is 0.584. The van der Waals surface area contributed by atoms with Crippen molar-refractivity contribution in [2.24, 2.45) is 0 Å². The topological polar surface area (TPSA) is 0 Å². The van der Waals surface area contributed by atoms with Gasteiger partial charge in [-0.15, -0.1) is 0 Å². The number of hydrogen-bond donors (Lipinski definition) is 0. The minimum absolute atomic E-state index is 0.584. The SMILES string of the molecule is C=C(Br)Cc1ccc(Cl)c(Cl)c1. The third-order valence-corrected chi connectivity index (χ3v) is 2.40. The molecule has 0 aliphatic heterocycles. The van der Waals surface area contributed by atoms with E-state index in [1.807, 2.05) is 12.1 Å². The molecule has 0 saturated heterocycles. The summed E-state index contributed by atoms with van der Waals surface area (Å²) in [5, 5.41) is 1.17. The number of benzene rings is 1. The number of rotatable bonds is 2. The minimum Gasteiger partial charge on any atom is -0.0885 e. The van der Waals surface area contributed by atoms with Gasteiger partial charge < -0.3 is 0 Å². The predicted molar refractivity (Wildman–Crippen MR) is 58.2 cm³/mol. The standard InChI is InChI=1S/C9H7BrCl2/c1-6(10)4-7-2-3-8(11)9(12)5-7/h2-3,5H,1,4H2. The molecule has 0 amide bonds. The van der Waals surface area contributed by atoms with Crippen molar-refractivity contribution in [3.63, 3.8) is 0 Å². The lowest BCUT2D eigenvalue weighted by Crippen LogP contribution is -1.83. The lowest BCUT2D eigenvalue weighted by molar-refractivity contribution is 1.26. The van der Waals surface area contributed by atoms with E-state index >= 15 is 0 Å². The molecule has 1 aromatic rings. The summed E-state index contributed by atoms with van der Waals surface area (Å²) in [7, 11) is 0. The molecule has 0 nitrogen and oxygen atoms in total. The van der Waals surface area contributed by atoms with Crippen LogP contribution in [0.1, 0.15) is 5.56 Å². The van der Waals surface area contributed by atoms with Gasteiger partial charge in [0, 0.05) is 6.42 Å². The lowest BCUT2D eigenvalue weighted by Gasteiger charge is -2.00. The molecule has 12 heavy (non-hydrogen) atoms. The van der Waals surface area contributed by atoms with Gasteiger partial charge in [-0.05, 0) is 22.2 Å². The molecule has 64 valence electrons. The first kappa shape index (κ1) is 10.1. The molecule has 0 saturated carbocycles. The first-order valence-corrected chi connectivity index (χ1v) is 4.91. The molecule has 0 aliphatic rings. The van der Waals surface area contributed by atoms with Crippen LogP contribution in [-0.2, 0) is 6.42 Å². The van der Waals surface area contributed by atoms with E-state index in [4.69, 9.17) is 23.2 Å². The molecule has 0 aromatic heterocycles. The zero-order chi connectivity index (χ0) is 9.14. The third kappa shape index (κ3) is 2.81. The highest BCUT2D eigenvalue weighted by Crippen LogP contribution is 2.24. The van der Waals surface area contributed by atoms with E-state index < -0.39 is 0 Å². The van der Waals surface area contributed by atoms with E-state index in [9.17, 15) is 0 Å². The Morgan fingerprint density at radius 1 is 1.33 bits per heavy atom. The van der Waals surface area contributed by atoms with E-state index in [0.717, 1.165) is 16.5 Å². The first-order valence-electron chi connectivity index (χ1n) is 3.37. The Labute approximate surface area is 90.3 Å². The first-order chi connectivity index (χ1) is 5.59. The fourth-order valence-corrected chi connectivity index (χ4v) is 1.52. The normalized spacial score (nSPS) is 9.92. The van der Waals surface area contributed by atoms with Crippen molar-refractivity contribution in [1.29, 1.82) is 0 Å². The number of halogens is 3. The summed E-state index contributed by atoms with van der Waals surface area (Å²) < 4.78 is 0.931. The van der Waals surface area contributed by atoms with E-state index in [1.54, 1.807) is 6.07 Å². The van der Waals surface area contributed by atoms with Crippen LogP contribution in [0.5, 0.6) is 0 Å². The van der Waals surface area contributed by atoms with Gasteiger partial charge in [-0.2, -0.15) is 0 Å². The Balaban J connectivity index is 2.89.